The fraction of sp³-hybridized carbons (Fsp3) is 0.115. The smallest absolute Gasteiger partial charge is 0.243 e. The number of carbonyl (C=O) groups excluding carboxylic acids is 1. The van der Waals surface area contributed by atoms with Crippen LogP contribution in [0.15, 0.2) is 88.4 Å². The molecule has 0 radical (unpaired) electrons. The summed E-state index contributed by atoms with van der Waals surface area (Å²) in [5, 5.41) is 6.89. The minimum Gasteiger partial charge on any atom is -0.446 e. The minimum atomic E-state index is -0.605. The second-order valence-electron chi connectivity index (χ2n) is 7.73. The molecule has 158 valence electrons. The number of carbonyl (C=O) groups is 1. The Balaban J connectivity index is 1.63. The van der Waals surface area contributed by atoms with E-state index >= 15 is 0 Å². The number of amides is 1. The highest BCUT2D eigenvalue weighted by atomic mass is 79.9. The largest absolute Gasteiger partial charge is 0.446 e. The highest BCUT2D eigenvalue weighted by Crippen LogP contribution is 2.34. The van der Waals surface area contributed by atoms with E-state index in [0.29, 0.717) is 5.90 Å². The van der Waals surface area contributed by atoms with Crippen LogP contribution >= 0.6 is 15.9 Å². The van der Waals surface area contributed by atoms with Crippen LogP contribution < -0.4 is 0 Å². The first-order valence-corrected chi connectivity index (χ1v) is 11.1. The van der Waals surface area contributed by atoms with Crippen molar-refractivity contribution in [1.82, 2.24) is 9.99 Å². The number of aromatic nitrogens is 1. The predicted octanol–water partition coefficient (Wildman–Crippen LogP) is 6.21. The molecule has 4 aromatic rings. The number of ether oxygens (including phenoxy) is 1. The van der Waals surface area contributed by atoms with Crippen molar-refractivity contribution >= 4 is 38.6 Å². The Hall–Kier alpha value is -3.51. The van der Waals surface area contributed by atoms with Gasteiger partial charge in [-0.3, -0.25) is 4.79 Å². The van der Waals surface area contributed by atoms with Gasteiger partial charge in [-0.15, -0.1) is 5.10 Å². The number of hydrogen-bond acceptors (Lipinski definition) is 4. The van der Waals surface area contributed by atoms with Crippen molar-refractivity contribution in [1.29, 1.82) is 0 Å². The van der Waals surface area contributed by atoms with Crippen molar-refractivity contribution in [2.45, 2.75) is 20.1 Å². The summed E-state index contributed by atoms with van der Waals surface area (Å²) >= 11 is 3.48. The molecule has 0 bridgehead atoms. The summed E-state index contributed by atoms with van der Waals surface area (Å²) in [7, 11) is 0. The first-order valence-electron chi connectivity index (χ1n) is 10.3. The molecule has 0 saturated heterocycles. The quantitative estimate of drug-likeness (QED) is 0.346. The number of aryl methyl sites for hydroxylation is 1. The molecular weight excluding hydrogens is 466 g/mol. The first-order chi connectivity index (χ1) is 15.5. The Bertz CT molecular complexity index is 1350. The second kappa shape index (κ2) is 8.20. The van der Waals surface area contributed by atoms with Crippen molar-refractivity contribution in [3.8, 4) is 11.3 Å². The van der Waals surface area contributed by atoms with Gasteiger partial charge in [0.15, 0.2) is 0 Å². The van der Waals surface area contributed by atoms with Gasteiger partial charge in [-0.25, -0.2) is 4.98 Å². The van der Waals surface area contributed by atoms with Gasteiger partial charge < -0.3 is 4.74 Å². The molecule has 1 aliphatic heterocycles. The number of para-hydroxylation sites is 1. The van der Waals surface area contributed by atoms with Crippen molar-refractivity contribution in [2.24, 2.45) is 5.10 Å². The number of rotatable bonds is 3. The van der Waals surface area contributed by atoms with Crippen LogP contribution in [-0.4, -0.2) is 21.8 Å². The SMILES string of the molecule is CC(=O)N1N=C(c2cc(-c3ccc(Br)cc3)nc3ccccc23)O[C@@H]1c1ccc(C)cc1. The lowest BCUT2D eigenvalue weighted by Crippen LogP contribution is -2.25. The molecule has 6 heteroatoms. The molecule has 0 saturated carbocycles. The number of fused-ring (bicyclic) bond motifs is 1. The zero-order chi connectivity index (χ0) is 22.2. The van der Waals surface area contributed by atoms with Gasteiger partial charge in [-0.1, -0.05) is 76.1 Å². The van der Waals surface area contributed by atoms with Gasteiger partial charge in [0.25, 0.3) is 0 Å². The van der Waals surface area contributed by atoms with Gasteiger partial charge in [-0.05, 0) is 31.2 Å². The van der Waals surface area contributed by atoms with Crippen LogP contribution in [0.2, 0.25) is 0 Å². The average molecular weight is 486 g/mol. The monoisotopic (exact) mass is 485 g/mol. The maximum atomic E-state index is 12.4. The fourth-order valence-corrected chi connectivity index (χ4v) is 4.01. The molecule has 0 unspecified atom stereocenters. The van der Waals surface area contributed by atoms with Crippen LogP contribution in [0, 0.1) is 6.92 Å². The van der Waals surface area contributed by atoms with Crippen LogP contribution in [0.4, 0.5) is 0 Å². The van der Waals surface area contributed by atoms with E-state index in [1.54, 1.807) is 0 Å². The van der Waals surface area contributed by atoms with Crippen LogP contribution in [0.25, 0.3) is 22.2 Å². The lowest BCUT2D eigenvalue weighted by Gasteiger charge is -2.19. The van der Waals surface area contributed by atoms with E-state index in [4.69, 9.17) is 9.72 Å². The van der Waals surface area contributed by atoms with E-state index in [-0.39, 0.29) is 5.91 Å². The Morgan fingerprint density at radius 2 is 1.72 bits per heavy atom. The fourth-order valence-electron chi connectivity index (χ4n) is 3.74. The molecule has 5 nitrogen and oxygen atoms in total. The Morgan fingerprint density at radius 3 is 2.44 bits per heavy atom. The first kappa shape index (κ1) is 20.4. The third-order valence-electron chi connectivity index (χ3n) is 5.42. The molecule has 1 atom stereocenters. The summed E-state index contributed by atoms with van der Waals surface area (Å²) in [6.45, 7) is 3.52. The molecule has 0 aliphatic carbocycles. The van der Waals surface area contributed by atoms with Crippen LogP contribution in [0.5, 0.6) is 0 Å². The van der Waals surface area contributed by atoms with Gasteiger partial charge in [0, 0.05) is 33.5 Å². The van der Waals surface area contributed by atoms with E-state index in [9.17, 15) is 4.79 Å². The maximum absolute atomic E-state index is 12.4. The number of hydrogen-bond donors (Lipinski definition) is 0. The van der Waals surface area contributed by atoms with Crippen LogP contribution in [0.1, 0.15) is 29.8 Å². The van der Waals surface area contributed by atoms with E-state index in [1.807, 2.05) is 85.8 Å². The zero-order valence-corrected chi connectivity index (χ0v) is 19.2. The molecule has 0 spiro atoms. The van der Waals surface area contributed by atoms with E-state index < -0.39 is 6.23 Å². The predicted molar refractivity (Wildman–Crippen MR) is 129 cm³/mol. The average Bonchev–Trinajstić information content (AvgIpc) is 3.25. The van der Waals surface area contributed by atoms with E-state index in [0.717, 1.165) is 43.3 Å². The van der Waals surface area contributed by atoms with Crippen molar-refractivity contribution < 1.29 is 9.53 Å². The van der Waals surface area contributed by atoms with Crippen LogP contribution in [0.3, 0.4) is 0 Å². The number of nitrogens with zero attached hydrogens (tertiary/aromatic N) is 3. The second-order valence-corrected chi connectivity index (χ2v) is 8.64. The van der Waals surface area contributed by atoms with Crippen molar-refractivity contribution in [3.63, 3.8) is 0 Å². The highest BCUT2D eigenvalue weighted by molar-refractivity contribution is 9.10. The molecular formula is C26H20BrN3O2. The van der Waals surface area contributed by atoms with E-state index in [1.165, 1.54) is 11.9 Å². The zero-order valence-electron chi connectivity index (χ0n) is 17.6. The third-order valence-corrected chi connectivity index (χ3v) is 5.94. The lowest BCUT2D eigenvalue weighted by atomic mass is 10.0. The number of benzene rings is 3. The highest BCUT2D eigenvalue weighted by Gasteiger charge is 2.33. The normalized spacial score (nSPS) is 15.5. The Labute approximate surface area is 194 Å². The molecule has 5 rings (SSSR count). The maximum Gasteiger partial charge on any atom is 0.243 e. The molecule has 1 aromatic heterocycles. The Kier molecular flexibility index (Phi) is 5.23. The molecule has 0 N–H and O–H groups in total. The third kappa shape index (κ3) is 3.78. The molecule has 0 fully saturated rings. The number of hydrazone groups is 1. The summed E-state index contributed by atoms with van der Waals surface area (Å²) in [6.07, 6.45) is -0.605. The van der Waals surface area contributed by atoms with Gasteiger partial charge in [-0.2, -0.15) is 5.01 Å². The summed E-state index contributed by atoms with van der Waals surface area (Å²) in [6, 6.07) is 25.8. The van der Waals surface area contributed by atoms with Crippen LogP contribution in [-0.2, 0) is 9.53 Å². The Morgan fingerprint density at radius 1 is 1.00 bits per heavy atom. The summed E-state index contributed by atoms with van der Waals surface area (Å²) in [5.74, 6) is 0.222. The van der Waals surface area contributed by atoms with Gasteiger partial charge in [0.05, 0.1) is 11.2 Å². The van der Waals surface area contributed by atoms with Gasteiger partial charge >= 0.3 is 0 Å². The molecule has 1 amide bonds. The summed E-state index contributed by atoms with van der Waals surface area (Å²) in [4.78, 5) is 17.2. The van der Waals surface area contributed by atoms with Crippen molar-refractivity contribution in [2.75, 3.05) is 0 Å². The molecule has 3 aromatic carbocycles. The minimum absolute atomic E-state index is 0.183. The lowest BCUT2D eigenvalue weighted by molar-refractivity contribution is -0.135. The van der Waals surface area contributed by atoms with Gasteiger partial charge in [0.1, 0.15) is 0 Å². The standard InChI is InChI=1S/C26H20BrN3O2/c1-16-7-9-19(10-8-16)26-30(17(2)31)29-25(32-26)22-15-24(18-11-13-20(27)14-12-18)28-23-6-4-3-5-21(22)23/h3-15,26H,1-2H3/t26-/m1/s1. The topological polar surface area (TPSA) is 54.8 Å². The van der Waals surface area contributed by atoms with E-state index in [2.05, 4.69) is 21.0 Å². The molecule has 32 heavy (non-hydrogen) atoms. The molecule has 2 heterocycles. The van der Waals surface area contributed by atoms with Crippen molar-refractivity contribution in [3.05, 3.63) is 100 Å². The molecule has 1 aliphatic rings. The number of pyridine rings is 1. The number of halogens is 1. The summed E-state index contributed by atoms with van der Waals surface area (Å²) < 4.78 is 7.29. The van der Waals surface area contributed by atoms with Gasteiger partial charge in [0.2, 0.25) is 18.0 Å². The summed E-state index contributed by atoms with van der Waals surface area (Å²) in [5.41, 5.74) is 5.44.